The Labute approximate surface area is 112 Å². The van der Waals surface area contributed by atoms with Gasteiger partial charge in [0.1, 0.15) is 0 Å². The van der Waals surface area contributed by atoms with Crippen molar-refractivity contribution in [1.82, 2.24) is 0 Å². The first-order valence-electron chi connectivity index (χ1n) is 6.05. The number of ether oxygens (including phenoxy) is 1. The van der Waals surface area contributed by atoms with E-state index in [9.17, 15) is 5.11 Å². The van der Waals surface area contributed by atoms with E-state index in [2.05, 4.69) is 0 Å². The molecule has 0 aliphatic rings. The minimum atomic E-state index is -1.09. The molecule has 0 saturated heterocycles. The fourth-order valence-electron chi connectivity index (χ4n) is 1.84. The SMILES string of the molecule is Cc1ccccc1COC(O)c1ccccc1C#N. The molecule has 3 nitrogen and oxygen atoms in total. The molecule has 96 valence electrons. The number of hydrogen-bond donors (Lipinski definition) is 1. The highest BCUT2D eigenvalue weighted by Gasteiger charge is 2.12. The highest BCUT2D eigenvalue weighted by Crippen LogP contribution is 2.20. The summed E-state index contributed by atoms with van der Waals surface area (Å²) in [6.07, 6.45) is -1.09. The van der Waals surface area contributed by atoms with E-state index in [0.717, 1.165) is 11.1 Å². The summed E-state index contributed by atoms with van der Waals surface area (Å²) >= 11 is 0. The maximum Gasteiger partial charge on any atom is 0.182 e. The van der Waals surface area contributed by atoms with Gasteiger partial charge in [-0.2, -0.15) is 5.26 Å². The highest BCUT2D eigenvalue weighted by atomic mass is 16.6. The van der Waals surface area contributed by atoms with E-state index in [4.69, 9.17) is 10.00 Å². The second-order valence-corrected chi connectivity index (χ2v) is 4.29. The van der Waals surface area contributed by atoms with E-state index in [-0.39, 0.29) is 0 Å². The summed E-state index contributed by atoms with van der Waals surface area (Å²) < 4.78 is 5.44. The molecule has 2 aromatic carbocycles. The summed E-state index contributed by atoms with van der Waals surface area (Å²) in [4.78, 5) is 0. The van der Waals surface area contributed by atoms with Gasteiger partial charge in [0.15, 0.2) is 6.29 Å². The molecule has 0 aliphatic carbocycles. The molecule has 0 radical (unpaired) electrons. The third-order valence-electron chi connectivity index (χ3n) is 3.01. The van der Waals surface area contributed by atoms with Gasteiger partial charge < -0.3 is 9.84 Å². The summed E-state index contributed by atoms with van der Waals surface area (Å²) in [5, 5.41) is 19.0. The number of aliphatic hydroxyl groups is 1. The lowest BCUT2D eigenvalue weighted by Gasteiger charge is -2.14. The monoisotopic (exact) mass is 253 g/mol. The average molecular weight is 253 g/mol. The Kier molecular flexibility index (Phi) is 4.30. The third kappa shape index (κ3) is 3.19. The Balaban J connectivity index is 2.08. The second kappa shape index (κ2) is 6.14. The van der Waals surface area contributed by atoms with E-state index in [1.807, 2.05) is 37.3 Å². The first-order valence-corrected chi connectivity index (χ1v) is 6.05. The molecule has 2 aromatic rings. The molecule has 1 N–H and O–H groups in total. The molecule has 1 unspecified atom stereocenters. The molecule has 0 amide bonds. The van der Waals surface area contributed by atoms with E-state index >= 15 is 0 Å². The molecule has 0 saturated carbocycles. The summed E-state index contributed by atoms with van der Waals surface area (Å²) in [5.74, 6) is 0. The highest BCUT2D eigenvalue weighted by molar-refractivity contribution is 5.38. The van der Waals surface area contributed by atoms with Crippen LogP contribution in [0.5, 0.6) is 0 Å². The van der Waals surface area contributed by atoms with Gasteiger partial charge in [0, 0.05) is 5.56 Å². The smallest absolute Gasteiger partial charge is 0.182 e. The molecule has 3 heteroatoms. The molecule has 0 fully saturated rings. The van der Waals surface area contributed by atoms with Gasteiger partial charge in [0.05, 0.1) is 18.2 Å². The summed E-state index contributed by atoms with van der Waals surface area (Å²) in [5.41, 5.74) is 3.07. The van der Waals surface area contributed by atoms with Crippen molar-refractivity contribution in [3.8, 4) is 6.07 Å². The Morgan fingerprint density at radius 2 is 1.84 bits per heavy atom. The zero-order valence-electron chi connectivity index (χ0n) is 10.7. The Bertz CT molecular complexity index is 602. The number of aryl methyl sites for hydroxylation is 1. The molecule has 0 bridgehead atoms. The first kappa shape index (κ1) is 13.3. The van der Waals surface area contributed by atoms with Crippen molar-refractivity contribution in [3.05, 3.63) is 70.8 Å². The van der Waals surface area contributed by atoms with Crippen molar-refractivity contribution in [3.63, 3.8) is 0 Å². The van der Waals surface area contributed by atoms with Gasteiger partial charge in [-0.15, -0.1) is 0 Å². The lowest BCUT2D eigenvalue weighted by molar-refractivity contribution is -0.112. The minimum absolute atomic E-state index is 0.313. The molecule has 0 spiro atoms. The number of nitrogens with zero attached hydrogens (tertiary/aromatic N) is 1. The van der Waals surface area contributed by atoms with Gasteiger partial charge in [0.2, 0.25) is 0 Å². The van der Waals surface area contributed by atoms with Crippen molar-refractivity contribution >= 4 is 0 Å². The molecule has 0 aliphatic heterocycles. The average Bonchev–Trinajstić information content (AvgIpc) is 2.46. The van der Waals surface area contributed by atoms with Crippen LogP contribution in [0.4, 0.5) is 0 Å². The van der Waals surface area contributed by atoms with Crippen LogP contribution in [0.3, 0.4) is 0 Å². The lowest BCUT2D eigenvalue weighted by atomic mass is 10.1. The zero-order valence-corrected chi connectivity index (χ0v) is 10.7. The molecular formula is C16H15NO2. The minimum Gasteiger partial charge on any atom is -0.364 e. The predicted molar refractivity (Wildman–Crippen MR) is 72.1 cm³/mol. The van der Waals surface area contributed by atoms with Crippen molar-refractivity contribution in [2.45, 2.75) is 19.8 Å². The Morgan fingerprint density at radius 3 is 2.58 bits per heavy atom. The normalized spacial score (nSPS) is 11.8. The largest absolute Gasteiger partial charge is 0.364 e. The fourth-order valence-corrected chi connectivity index (χ4v) is 1.84. The van der Waals surface area contributed by atoms with Crippen molar-refractivity contribution < 1.29 is 9.84 Å². The molecule has 1 atom stereocenters. The fraction of sp³-hybridized carbons (Fsp3) is 0.188. The van der Waals surface area contributed by atoms with Crippen LogP contribution >= 0.6 is 0 Å². The van der Waals surface area contributed by atoms with Crippen LogP contribution in [0, 0.1) is 18.3 Å². The lowest BCUT2D eigenvalue weighted by Crippen LogP contribution is -2.06. The van der Waals surface area contributed by atoms with Crippen LogP contribution < -0.4 is 0 Å². The quantitative estimate of drug-likeness (QED) is 0.852. The maximum atomic E-state index is 10.0. The molecule has 2 rings (SSSR count). The van der Waals surface area contributed by atoms with Crippen molar-refractivity contribution in [1.29, 1.82) is 5.26 Å². The topological polar surface area (TPSA) is 53.2 Å². The van der Waals surface area contributed by atoms with E-state index < -0.39 is 6.29 Å². The van der Waals surface area contributed by atoms with E-state index in [0.29, 0.717) is 17.7 Å². The van der Waals surface area contributed by atoms with Crippen LogP contribution in [0.2, 0.25) is 0 Å². The van der Waals surface area contributed by atoms with Crippen LogP contribution in [0.25, 0.3) is 0 Å². The zero-order chi connectivity index (χ0) is 13.7. The van der Waals surface area contributed by atoms with Crippen LogP contribution in [-0.2, 0) is 11.3 Å². The van der Waals surface area contributed by atoms with Gasteiger partial charge >= 0.3 is 0 Å². The summed E-state index contributed by atoms with van der Waals surface area (Å²) in [6.45, 7) is 2.31. The summed E-state index contributed by atoms with van der Waals surface area (Å²) in [7, 11) is 0. The molecule has 0 heterocycles. The van der Waals surface area contributed by atoms with Crippen LogP contribution in [-0.4, -0.2) is 5.11 Å². The van der Waals surface area contributed by atoms with Crippen LogP contribution in [0.15, 0.2) is 48.5 Å². The number of aliphatic hydroxyl groups excluding tert-OH is 1. The van der Waals surface area contributed by atoms with Gasteiger partial charge in [-0.3, -0.25) is 0 Å². The number of benzene rings is 2. The molecular weight excluding hydrogens is 238 g/mol. The third-order valence-corrected chi connectivity index (χ3v) is 3.01. The standard InChI is InChI=1S/C16H15NO2/c1-12-6-2-3-8-14(12)11-19-16(18)15-9-5-4-7-13(15)10-17/h2-9,16,18H,11H2,1H3. The maximum absolute atomic E-state index is 10.0. The number of rotatable bonds is 4. The van der Waals surface area contributed by atoms with E-state index in [1.54, 1.807) is 24.3 Å². The van der Waals surface area contributed by atoms with Gasteiger partial charge in [-0.25, -0.2) is 0 Å². The van der Waals surface area contributed by atoms with Crippen molar-refractivity contribution in [2.75, 3.05) is 0 Å². The molecule has 19 heavy (non-hydrogen) atoms. The Morgan fingerprint density at radius 1 is 1.16 bits per heavy atom. The van der Waals surface area contributed by atoms with Crippen LogP contribution in [0.1, 0.15) is 28.5 Å². The first-order chi connectivity index (χ1) is 9.22. The Hall–Kier alpha value is -2.15. The van der Waals surface area contributed by atoms with Gasteiger partial charge in [0.25, 0.3) is 0 Å². The van der Waals surface area contributed by atoms with Gasteiger partial charge in [-0.05, 0) is 24.1 Å². The summed E-state index contributed by atoms with van der Waals surface area (Å²) in [6, 6.07) is 16.8. The predicted octanol–water partition coefficient (Wildman–Crippen LogP) is 3.07. The number of nitriles is 1. The van der Waals surface area contributed by atoms with Crippen molar-refractivity contribution in [2.24, 2.45) is 0 Å². The number of hydrogen-bond acceptors (Lipinski definition) is 3. The molecule has 0 aromatic heterocycles. The van der Waals surface area contributed by atoms with E-state index in [1.165, 1.54) is 0 Å². The second-order valence-electron chi connectivity index (χ2n) is 4.29. The van der Waals surface area contributed by atoms with Gasteiger partial charge in [-0.1, -0.05) is 42.5 Å².